The van der Waals surface area contributed by atoms with Gasteiger partial charge in [-0.25, -0.2) is 4.98 Å². The summed E-state index contributed by atoms with van der Waals surface area (Å²) in [6.45, 7) is 2.32. The highest BCUT2D eigenvalue weighted by Gasteiger charge is 2.48. The van der Waals surface area contributed by atoms with Gasteiger partial charge in [-0.2, -0.15) is 0 Å². The largest absolute Gasteiger partial charge is 0.497 e. The maximum Gasteiger partial charge on any atom is 0.219 e. The lowest BCUT2D eigenvalue weighted by Gasteiger charge is -2.23. The van der Waals surface area contributed by atoms with E-state index in [1.807, 2.05) is 18.2 Å². The van der Waals surface area contributed by atoms with Crippen molar-refractivity contribution in [2.45, 2.75) is 31.5 Å². The summed E-state index contributed by atoms with van der Waals surface area (Å²) in [6, 6.07) is 9.96. The standard InChI is InChI=1S/C18H20N2O3/c1-22-14-4-2-13(3-5-14)10-20-11-15-16(6-9-19-17(15)21)23-18(12-20)7-8-18/h2-6,9H,7-8,10-12H2,1H3,(H,19,21). The molecule has 120 valence electrons. The van der Waals surface area contributed by atoms with Crippen LogP contribution in [-0.4, -0.2) is 34.2 Å². The minimum Gasteiger partial charge on any atom is -0.497 e. The lowest BCUT2D eigenvalue weighted by Crippen LogP contribution is -2.34. The summed E-state index contributed by atoms with van der Waals surface area (Å²) in [5, 5.41) is 10.1. The zero-order chi connectivity index (χ0) is 15.9. The van der Waals surface area contributed by atoms with Crippen molar-refractivity contribution >= 4 is 0 Å². The Hall–Kier alpha value is -2.27. The van der Waals surface area contributed by atoms with Crippen LogP contribution in [-0.2, 0) is 13.1 Å². The van der Waals surface area contributed by atoms with E-state index < -0.39 is 0 Å². The van der Waals surface area contributed by atoms with Crippen molar-refractivity contribution in [1.82, 2.24) is 9.88 Å². The second kappa shape index (κ2) is 5.42. The molecule has 0 amide bonds. The van der Waals surface area contributed by atoms with E-state index in [1.165, 1.54) is 5.56 Å². The van der Waals surface area contributed by atoms with Crippen LogP contribution >= 0.6 is 0 Å². The molecular formula is C18H20N2O3. The van der Waals surface area contributed by atoms with Gasteiger partial charge in [0, 0.05) is 25.8 Å². The van der Waals surface area contributed by atoms with E-state index in [9.17, 15) is 5.11 Å². The monoisotopic (exact) mass is 312 g/mol. The molecule has 2 heterocycles. The zero-order valence-electron chi connectivity index (χ0n) is 13.2. The van der Waals surface area contributed by atoms with Gasteiger partial charge >= 0.3 is 0 Å². The summed E-state index contributed by atoms with van der Waals surface area (Å²) in [6.07, 6.45) is 3.73. The third kappa shape index (κ3) is 2.84. The Labute approximate surface area is 135 Å². The Bertz CT molecular complexity index is 711. The van der Waals surface area contributed by atoms with Crippen molar-refractivity contribution in [2.24, 2.45) is 0 Å². The van der Waals surface area contributed by atoms with E-state index in [2.05, 4.69) is 22.0 Å². The van der Waals surface area contributed by atoms with Gasteiger partial charge in [-0.15, -0.1) is 0 Å². The molecule has 2 aromatic rings. The van der Waals surface area contributed by atoms with E-state index in [0.29, 0.717) is 6.54 Å². The van der Waals surface area contributed by atoms with Crippen LogP contribution in [0.15, 0.2) is 36.5 Å². The minimum atomic E-state index is -0.0918. The molecule has 1 aromatic heterocycles. The molecule has 0 atom stereocenters. The smallest absolute Gasteiger partial charge is 0.219 e. The summed E-state index contributed by atoms with van der Waals surface area (Å²) in [5.41, 5.74) is 1.91. The summed E-state index contributed by atoms with van der Waals surface area (Å²) < 4.78 is 11.4. The molecule has 23 heavy (non-hydrogen) atoms. The molecule has 2 aliphatic rings. The number of rotatable bonds is 3. The first-order valence-electron chi connectivity index (χ1n) is 7.89. The Morgan fingerprint density at radius 3 is 2.74 bits per heavy atom. The molecular weight excluding hydrogens is 292 g/mol. The van der Waals surface area contributed by atoms with Crippen LogP contribution in [0, 0.1) is 0 Å². The predicted octanol–water partition coefficient (Wildman–Crippen LogP) is 2.72. The van der Waals surface area contributed by atoms with Crippen LogP contribution in [0.1, 0.15) is 24.0 Å². The third-order valence-electron chi connectivity index (χ3n) is 4.58. The molecule has 1 saturated carbocycles. The Kier molecular flexibility index (Phi) is 3.38. The molecule has 1 spiro atoms. The SMILES string of the molecule is COc1ccc(CN2Cc3c(ccnc3O)OC3(CC3)C2)cc1. The number of methoxy groups -OCH3 is 1. The fraction of sp³-hybridized carbons (Fsp3) is 0.389. The molecule has 1 aliphatic carbocycles. The highest BCUT2D eigenvalue weighted by atomic mass is 16.5. The van der Waals surface area contributed by atoms with Gasteiger partial charge < -0.3 is 14.6 Å². The number of hydrogen-bond acceptors (Lipinski definition) is 5. The van der Waals surface area contributed by atoms with E-state index in [-0.39, 0.29) is 11.5 Å². The fourth-order valence-corrected chi connectivity index (χ4v) is 3.16. The molecule has 0 saturated heterocycles. The van der Waals surface area contributed by atoms with Crippen LogP contribution in [0.2, 0.25) is 0 Å². The second-order valence-corrected chi connectivity index (χ2v) is 6.39. The molecule has 4 rings (SSSR count). The fourth-order valence-electron chi connectivity index (χ4n) is 3.16. The van der Waals surface area contributed by atoms with Crippen LogP contribution in [0.25, 0.3) is 0 Å². The molecule has 1 fully saturated rings. The van der Waals surface area contributed by atoms with Gasteiger partial charge in [0.05, 0.1) is 12.7 Å². The van der Waals surface area contributed by atoms with Crippen LogP contribution in [0.4, 0.5) is 0 Å². The maximum atomic E-state index is 10.1. The molecule has 0 radical (unpaired) electrons. The van der Waals surface area contributed by atoms with E-state index in [0.717, 1.165) is 43.0 Å². The molecule has 1 aromatic carbocycles. The molecule has 1 aliphatic heterocycles. The number of fused-ring (bicyclic) bond motifs is 1. The van der Waals surface area contributed by atoms with Gasteiger partial charge in [0.1, 0.15) is 17.1 Å². The van der Waals surface area contributed by atoms with Gasteiger partial charge in [-0.1, -0.05) is 12.1 Å². The molecule has 0 bridgehead atoms. The molecule has 5 nitrogen and oxygen atoms in total. The first-order chi connectivity index (χ1) is 11.2. The van der Waals surface area contributed by atoms with Gasteiger partial charge in [0.15, 0.2) is 0 Å². The highest BCUT2D eigenvalue weighted by Crippen LogP contribution is 2.45. The van der Waals surface area contributed by atoms with Crippen LogP contribution in [0.5, 0.6) is 17.4 Å². The summed E-state index contributed by atoms with van der Waals surface area (Å²) >= 11 is 0. The van der Waals surface area contributed by atoms with Crippen molar-refractivity contribution in [3.63, 3.8) is 0 Å². The first-order valence-corrected chi connectivity index (χ1v) is 7.89. The lowest BCUT2D eigenvalue weighted by atomic mass is 10.1. The quantitative estimate of drug-likeness (QED) is 0.944. The average Bonchev–Trinajstić information content (AvgIpc) is 3.33. The molecule has 1 N–H and O–H groups in total. The Balaban J connectivity index is 1.59. The highest BCUT2D eigenvalue weighted by molar-refractivity contribution is 5.41. The van der Waals surface area contributed by atoms with Gasteiger partial charge in [0.2, 0.25) is 5.88 Å². The number of aromatic nitrogens is 1. The average molecular weight is 312 g/mol. The van der Waals surface area contributed by atoms with Crippen molar-refractivity contribution in [3.05, 3.63) is 47.7 Å². The van der Waals surface area contributed by atoms with Gasteiger partial charge in [0.25, 0.3) is 0 Å². The van der Waals surface area contributed by atoms with Crippen molar-refractivity contribution in [2.75, 3.05) is 13.7 Å². The van der Waals surface area contributed by atoms with Gasteiger partial charge in [-0.3, -0.25) is 4.90 Å². The topological polar surface area (TPSA) is 54.8 Å². The summed E-state index contributed by atoms with van der Waals surface area (Å²) in [5.74, 6) is 1.70. The minimum absolute atomic E-state index is 0.0694. The number of nitrogens with zero attached hydrogens (tertiary/aromatic N) is 2. The number of pyridine rings is 1. The first kappa shape index (κ1) is 14.3. The van der Waals surface area contributed by atoms with Crippen molar-refractivity contribution in [3.8, 4) is 17.4 Å². The van der Waals surface area contributed by atoms with E-state index in [1.54, 1.807) is 13.3 Å². The number of aromatic hydroxyl groups is 1. The van der Waals surface area contributed by atoms with Crippen LogP contribution < -0.4 is 9.47 Å². The maximum absolute atomic E-state index is 10.1. The predicted molar refractivity (Wildman–Crippen MR) is 85.6 cm³/mol. The summed E-state index contributed by atoms with van der Waals surface area (Å²) in [4.78, 5) is 6.32. The van der Waals surface area contributed by atoms with Crippen LogP contribution in [0.3, 0.4) is 0 Å². The number of benzene rings is 1. The zero-order valence-corrected chi connectivity index (χ0v) is 13.2. The van der Waals surface area contributed by atoms with Crippen molar-refractivity contribution < 1.29 is 14.6 Å². The van der Waals surface area contributed by atoms with E-state index in [4.69, 9.17) is 9.47 Å². The normalized spacial score (nSPS) is 18.8. The van der Waals surface area contributed by atoms with Gasteiger partial charge in [-0.05, 0) is 36.6 Å². The number of hydrogen-bond donors (Lipinski definition) is 1. The van der Waals surface area contributed by atoms with Crippen molar-refractivity contribution in [1.29, 1.82) is 0 Å². The lowest BCUT2D eigenvalue weighted by molar-refractivity contribution is 0.123. The molecule has 0 unspecified atom stereocenters. The third-order valence-corrected chi connectivity index (χ3v) is 4.58. The number of ether oxygens (including phenoxy) is 2. The Morgan fingerprint density at radius 1 is 1.26 bits per heavy atom. The molecule has 5 heteroatoms. The van der Waals surface area contributed by atoms with E-state index >= 15 is 0 Å². The summed E-state index contributed by atoms with van der Waals surface area (Å²) in [7, 11) is 1.67. The second-order valence-electron chi connectivity index (χ2n) is 6.39. The Morgan fingerprint density at radius 2 is 2.04 bits per heavy atom.